The number of benzene rings is 1. The van der Waals surface area contributed by atoms with Crippen molar-refractivity contribution in [1.82, 2.24) is 9.88 Å². The van der Waals surface area contributed by atoms with Gasteiger partial charge in [0, 0.05) is 23.2 Å². The Bertz CT molecular complexity index is 752. The van der Waals surface area contributed by atoms with Crippen molar-refractivity contribution in [1.29, 1.82) is 0 Å². The third-order valence-corrected chi connectivity index (χ3v) is 5.15. The molecule has 1 aromatic heterocycles. The largest absolute Gasteiger partial charge is 0.358 e. The zero-order valence-corrected chi connectivity index (χ0v) is 14.1. The van der Waals surface area contributed by atoms with Crippen molar-refractivity contribution in [3.8, 4) is 0 Å². The van der Waals surface area contributed by atoms with E-state index in [1.807, 2.05) is 13.8 Å². The number of likely N-dealkylation sites (tertiary alicyclic amines) is 1. The molecule has 1 N–H and O–H groups in total. The van der Waals surface area contributed by atoms with E-state index in [0.717, 1.165) is 58.8 Å². The normalized spacial score (nSPS) is 17.3. The zero-order valence-electron chi connectivity index (χ0n) is 14.1. The first kappa shape index (κ1) is 15.3. The summed E-state index contributed by atoms with van der Waals surface area (Å²) in [4.78, 5) is 18.9. The molecule has 0 saturated carbocycles. The van der Waals surface area contributed by atoms with Crippen molar-refractivity contribution in [3.63, 3.8) is 0 Å². The van der Waals surface area contributed by atoms with Gasteiger partial charge in [0.05, 0.1) is 5.52 Å². The molecule has 0 unspecified atom stereocenters. The number of aromatic nitrogens is 1. The predicted molar refractivity (Wildman–Crippen MR) is 92.5 cm³/mol. The van der Waals surface area contributed by atoms with Gasteiger partial charge in [-0.15, -0.1) is 0 Å². The molecule has 0 atom stereocenters. The van der Waals surface area contributed by atoms with Gasteiger partial charge in [-0.25, -0.2) is 0 Å². The summed E-state index contributed by atoms with van der Waals surface area (Å²) in [5, 5.41) is 0.867. The fourth-order valence-corrected chi connectivity index (χ4v) is 3.48. The van der Waals surface area contributed by atoms with Crippen LogP contribution in [0.5, 0.6) is 0 Å². The molecule has 1 aliphatic heterocycles. The quantitative estimate of drug-likeness (QED) is 0.918. The molecule has 1 saturated heterocycles. The van der Waals surface area contributed by atoms with Gasteiger partial charge in [0.2, 0.25) is 0 Å². The Balaban J connectivity index is 2.03. The fourth-order valence-electron chi connectivity index (χ4n) is 3.48. The molecule has 22 heavy (non-hydrogen) atoms. The van der Waals surface area contributed by atoms with E-state index in [0.29, 0.717) is 0 Å². The van der Waals surface area contributed by atoms with Crippen molar-refractivity contribution < 1.29 is 0 Å². The number of aromatic amines is 1. The number of pyridine rings is 1. The number of piperidine rings is 1. The number of H-pyrrole nitrogens is 1. The Morgan fingerprint density at radius 3 is 2.45 bits per heavy atom. The number of fused-ring (bicyclic) bond motifs is 1. The van der Waals surface area contributed by atoms with Crippen LogP contribution in [0.4, 0.5) is 0 Å². The number of nitrogens with zero attached hydrogens (tertiary/aromatic N) is 1. The van der Waals surface area contributed by atoms with E-state index in [2.05, 4.69) is 35.9 Å². The first-order chi connectivity index (χ1) is 10.5. The van der Waals surface area contributed by atoms with Gasteiger partial charge in [0.25, 0.3) is 0 Å². The summed E-state index contributed by atoms with van der Waals surface area (Å²) < 4.78 is 0. The van der Waals surface area contributed by atoms with Gasteiger partial charge in [-0.05, 0) is 63.7 Å². The lowest BCUT2D eigenvalue weighted by Crippen LogP contribution is -2.34. The Morgan fingerprint density at radius 2 is 1.77 bits per heavy atom. The van der Waals surface area contributed by atoms with Gasteiger partial charge in [0.15, 0.2) is 5.43 Å². The van der Waals surface area contributed by atoms with E-state index >= 15 is 0 Å². The van der Waals surface area contributed by atoms with E-state index in [-0.39, 0.29) is 5.43 Å². The lowest BCUT2D eigenvalue weighted by molar-refractivity contribution is 0.184. The molecule has 3 heteroatoms. The van der Waals surface area contributed by atoms with E-state index < -0.39 is 0 Å². The summed E-state index contributed by atoms with van der Waals surface area (Å²) in [6, 6.07) is 4.13. The first-order valence-electron chi connectivity index (χ1n) is 8.31. The Hall–Kier alpha value is -1.61. The highest BCUT2D eigenvalue weighted by Gasteiger charge is 2.19. The molecule has 3 rings (SSSR count). The Morgan fingerprint density at radius 1 is 1.14 bits per heavy atom. The summed E-state index contributed by atoms with van der Waals surface area (Å²) in [6.45, 7) is 11.4. The van der Waals surface area contributed by atoms with Gasteiger partial charge in [-0.2, -0.15) is 0 Å². The average Bonchev–Trinajstić information content (AvgIpc) is 2.49. The average molecular weight is 298 g/mol. The Labute approximate surface area is 132 Å². The minimum atomic E-state index is 0.214. The van der Waals surface area contributed by atoms with E-state index in [1.165, 1.54) is 12.8 Å². The van der Waals surface area contributed by atoms with Crippen molar-refractivity contribution in [2.24, 2.45) is 5.92 Å². The van der Waals surface area contributed by atoms with Crippen LogP contribution in [0.1, 0.15) is 42.1 Å². The van der Waals surface area contributed by atoms with Crippen LogP contribution < -0.4 is 5.43 Å². The molecule has 0 spiro atoms. The molecule has 0 radical (unpaired) electrons. The molecule has 0 amide bonds. The lowest BCUT2D eigenvalue weighted by atomic mass is 9.97. The van der Waals surface area contributed by atoms with E-state index in [1.54, 1.807) is 0 Å². The number of rotatable bonds is 2. The summed E-state index contributed by atoms with van der Waals surface area (Å²) in [5.74, 6) is 0.817. The zero-order chi connectivity index (χ0) is 15.9. The molecule has 1 fully saturated rings. The number of hydrogen-bond acceptors (Lipinski definition) is 2. The topological polar surface area (TPSA) is 36.1 Å². The maximum atomic E-state index is 13.0. The molecule has 118 valence electrons. The summed E-state index contributed by atoms with van der Waals surface area (Å²) in [7, 11) is 0. The first-order valence-corrected chi connectivity index (χ1v) is 8.31. The minimum Gasteiger partial charge on any atom is -0.358 e. The van der Waals surface area contributed by atoms with Gasteiger partial charge in [0.1, 0.15) is 0 Å². The summed E-state index contributed by atoms with van der Waals surface area (Å²) >= 11 is 0. The summed E-state index contributed by atoms with van der Waals surface area (Å²) in [6.07, 6.45) is 2.48. The second kappa shape index (κ2) is 5.88. The third-order valence-electron chi connectivity index (χ3n) is 5.15. The van der Waals surface area contributed by atoms with Crippen LogP contribution in [0, 0.1) is 26.7 Å². The molecule has 2 heterocycles. The van der Waals surface area contributed by atoms with Gasteiger partial charge < -0.3 is 4.98 Å². The number of nitrogens with one attached hydrogen (secondary N) is 1. The van der Waals surface area contributed by atoms with Crippen LogP contribution in [-0.4, -0.2) is 23.0 Å². The van der Waals surface area contributed by atoms with Gasteiger partial charge in [-0.1, -0.05) is 19.1 Å². The minimum absolute atomic E-state index is 0.214. The fraction of sp³-hybridized carbons (Fsp3) is 0.526. The molecule has 0 aliphatic carbocycles. The highest BCUT2D eigenvalue weighted by atomic mass is 16.1. The molecule has 0 bridgehead atoms. The van der Waals surface area contributed by atoms with Crippen molar-refractivity contribution in [2.75, 3.05) is 13.1 Å². The molecule has 3 nitrogen and oxygen atoms in total. The Kier molecular flexibility index (Phi) is 4.09. The smallest absolute Gasteiger partial charge is 0.194 e. The van der Waals surface area contributed by atoms with Gasteiger partial charge >= 0.3 is 0 Å². The lowest BCUT2D eigenvalue weighted by Gasteiger charge is -2.30. The van der Waals surface area contributed by atoms with Crippen molar-refractivity contribution in [2.45, 2.75) is 47.1 Å². The second-order valence-electron chi connectivity index (χ2n) is 6.97. The molecular weight excluding hydrogens is 272 g/mol. The van der Waals surface area contributed by atoms with Gasteiger partial charge in [-0.3, -0.25) is 9.69 Å². The van der Waals surface area contributed by atoms with Crippen LogP contribution in [0.2, 0.25) is 0 Å². The molecule has 1 aliphatic rings. The monoisotopic (exact) mass is 298 g/mol. The maximum Gasteiger partial charge on any atom is 0.194 e. The second-order valence-corrected chi connectivity index (χ2v) is 6.97. The summed E-state index contributed by atoms with van der Waals surface area (Å²) in [5.41, 5.74) is 5.37. The van der Waals surface area contributed by atoms with Crippen LogP contribution in [0.3, 0.4) is 0 Å². The van der Waals surface area contributed by atoms with Crippen LogP contribution in [0.15, 0.2) is 16.9 Å². The third kappa shape index (κ3) is 2.70. The standard InChI is InChI=1S/C19H26N2O/c1-12-7-9-21(10-8-12)11-16-15(4)20-18-14(3)6-5-13(2)17(18)19(16)22/h5-6,12H,7-11H2,1-4H3,(H,20,22). The SMILES string of the molecule is Cc1[nH]c2c(C)ccc(C)c2c(=O)c1CN1CCC(C)CC1. The predicted octanol–water partition coefficient (Wildman–Crippen LogP) is 3.69. The molecule has 2 aromatic rings. The highest BCUT2D eigenvalue weighted by Crippen LogP contribution is 2.21. The molecular formula is C19H26N2O. The van der Waals surface area contributed by atoms with Crippen LogP contribution in [0.25, 0.3) is 10.9 Å². The maximum absolute atomic E-state index is 13.0. The van der Waals surface area contributed by atoms with E-state index in [4.69, 9.17) is 0 Å². The van der Waals surface area contributed by atoms with Crippen LogP contribution >= 0.6 is 0 Å². The highest BCUT2D eigenvalue weighted by molar-refractivity contribution is 5.85. The number of aryl methyl sites for hydroxylation is 3. The van der Waals surface area contributed by atoms with Crippen molar-refractivity contribution >= 4 is 10.9 Å². The van der Waals surface area contributed by atoms with Crippen molar-refractivity contribution in [3.05, 3.63) is 44.7 Å². The van der Waals surface area contributed by atoms with E-state index in [9.17, 15) is 4.79 Å². The molecule has 1 aromatic carbocycles. The van der Waals surface area contributed by atoms with Crippen LogP contribution in [-0.2, 0) is 6.54 Å². The number of hydrogen-bond donors (Lipinski definition) is 1.